The van der Waals surface area contributed by atoms with Crippen molar-refractivity contribution in [2.24, 2.45) is 11.3 Å². The molecule has 0 aromatic heterocycles. The summed E-state index contributed by atoms with van der Waals surface area (Å²) in [5.41, 5.74) is 4.18. The van der Waals surface area contributed by atoms with Crippen molar-refractivity contribution in [3.63, 3.8) is 0 Å². The molecule has 5 heteroatoms. The number of para-hydroxylation sites is 1. The Morgan fingerprint density at radius 2 is 1.78 bits per heavy atom. The number of hydrazine groups is 1. The van der Waals surface area contributed by atoms with E-state index in [1.54, 1.807) is 0 Å². The number of anilines is 1. The second kappa shape index (κ2) is 9.65. The summed E-state index contributed by atoms with van der Waals surface area (Å²) in [7, 11) is 1.84. The number of hydrogen-bond acceptors (Lipinski definition) is 3. The van der Waals surface area contributed by atoms with Crippen molar-refractivity contribution in [1.29, 1.82) is 0 Å². The van der Waals surface area contributed by atoms with Crippen LogP contribution in [-0.2, 0) is 4.79 Å². The maximum Gasteiger partial charge on any atom is 0.248 e. The van der Waals surface area contributed by atoms with Crippen LogP contribution < -0.4 is 10.3 Å². The molecule has 0 radical (unpaired) electrons. The molecule has 1 aromatic rings. The smallest absolute Gasteiger partial charge is 0.248 e. The van der Waals surface area contributed by atoms with Gasteiger partial charge in [-0.3, -0.25) is 9.80 Å². The summed E-state index contributed by atoms with van der Waals surface area (Å²) in [6, 6.07) is 10.3. The van der Waals surface area contributed by atoms with Crippen LogP contribution in [-0.4, -0.2) is 35.5 Å². The van der Waals surface area contributed by atoms with Gasteiger partial charge in [0, 0.05) is 24.7 Å². The van der Waals surface area contributed by atoms with Gasteiger partial charge in [-0.25, -0.2) is 5.43 Å². The van der Waals surface area contributed by atoms with Crippen molar-refractivity contribution in [1.82, 2.24) is 10.4 Å². The van der Waals surface area contributed by atoms with E-state index in [9.17, 15) is 4.79 Å². The predicted octanol–water partition coefficient (Wildman–Crippen LogP) is 4.80. The topological polar surface area (TPSA) is 35.6 Å². The third-order valence-electron chi connectivity index (χ3n) is 5.74. The fourth-order valence-electron chi connectivity index (χ4n) is 3.57. The van der Waals surface area contributed by atoms with E-state index in [-0.39, 0.29) is 29.8 Å². The highest BCUT2D eigenvalue weighted by atomic mass is 32.1. The Bertz CT molecular complexity index is 620. The molecule has 0 saturated heterocycles. The lowest BCUT2D eigenvalue weighted by Gasteiger charge is -2.38. The molecule has 1 aromatic carbocycles. The summed E-state index contributed by atoms with van der Waals surface area (Å²) in [5, 5.41) is 1.84. The molecule has 27 heavy (non-hydrogen) atoms. The van der Waals surface area contributed by atoms with Crippen molar-refractivity contribution in [2.75, 3.05) is 18.5 Å². The molecule has 0 spiro atoms. The Labute approximate surface area is 170 Å². The molecule has 4 nitrogen and oxygen atoms in total. The van der Waals surface area contributed by atoms with Gasteiger partial charge >= 0.3 is 0 Å². The number of amides is 1. The average molecular weight is 390 g/mol. The minimum Gasteiger partial charge on any atom is -0.308 e. The van der Waals surface area contributed by atoms with E-state index >= 15 is 0 Å². The van der Waals surface area contributed by atoms with Crippen molar-refractivity contribution >= 4 is 28.8 Å². The van der Waals surface area contributed by atoms with E-state index in [1.165, 1.54) is 19.3 Å². The minimum atomic E-state index is 0.0533. The molecule has 1 atom stereocenters. The van der Waals surface area contributed by atoms with E-state index < -0.39 is 0 Å². The molecule has 1 aliphatic carbocycles. The second-order valence-electron chi connectivity index (χ2n) is 8.63. The quantitative estimate of drug-likeness (QED) is 0.560. The molecular weight excluding hydrogens is 354 g/mol. The second-order valence-corrected chi connectivity index (χ2v) is 9.05. The van der Waals surface area contributed by atoms with Gasteiger partial charge in [0.25, 0.3) is 0 Å². The van der Waals surface area contributed by atoms with Gasteiger partial charge in [-0.2, -0.15) is 0 Å². The first-order valence-electron chi connectivity index (χ1n) is 10.1. The molecule has 1 aliphatic rings. The summed E-state index contributed by atoms with van der Waals surface area (Å²) in [6.45, 7) is 8.92. The third kappa shape index (κ3) is 5.76. The number of nitrogens with one attached hydrogen (secondary N) is 1. The molecule has 0 heterocycles. The molecule has 1 saturated carbocycles. The first kappa shape index (κ1) is 21.8. The number of thiocarbonyl (C=S) groups is 1. The van der Waals surface area contributed by atoms with E-state index in [4.69, 9.17) is 12.2 Å². The first-order chi connectivity index (χ1) is 12.8. The minimum absolute atomic E-state index is 0.0533. The van der Waals surface area contributed by atoms with Gasteiger partial charge in [0.2, 0.25) is 5.91 Å². The number of carbonyl (C=O) groups is 1. The first-order valence-corrected chi connectivity index (χ1v) is 10.5. The number of rotatable bonds is 6. The van der Waals surface area contributed by atoms with Crippen LogP contribution in [0, 0.1) is 11.3 Å². The van der Waals surface area contributed by atoms with Gasteiger partial charge in [0.15, 0.2) is 0 Å². The highest BCUT2D eigenvalue weighted by molar-refractivity contribution is 7.80. The van der Waals surface area contributed by atoms with E-state index in [1.807, 2.05) is 47.3 Å². The van der Waals surface area contributed by atoms with Crippen molar-refractivity contribution in [2.45, 2.75) is 65.8 Å². The van der Waals surface area contributed by atoms with Crippen LogP contribution >= 0.6 is 12.2 Å². The zero-order chi connectivity index (χ0) is 20.0. The fraction of sp³-hybridized carbons (Fsp3) is 0.636. The average Bonchev–Trinajstić information content (AvgIpc) is 2.66. The largest absolute Gasteiger partial charge is 0.308 e. The maximum atomic E-state index is 13.4. The highest BCUT2D eigenvalue weighted by Crippen LogP contribution is 2.29. The maximum absolute atomic E-state index is 13.4. The van der Waals surface area contributed by atoms with E-state index in [0.717, 1.165) is 23.5 Å². The van der Waals surface area contributed by atoms with Crippen LogP contribution in [0.4, 0.5) is 5.69 Å². The van der Waals surface area contributed by atoms with E-state index in [2.05, 4.69) is 33.1 Å². The van der Waals surface area contributed by atoms with Gasteiger partial charge in [-0.15, -0.1) is 0 Å². The lowest BCUT2D eigenvalue weighted by Crippen LogP contribution is -2.52. The van der Waals surface area contributed by atoms with Gasteiger partial charge in [0.05, 0.1) is 4.99 Å². The molecule has 1 amide bonds. The molecular formula is C22H35N3OS. The lowest BCUT2D eigenvalue weighted by molar-refractivity contribution is -0.120. The Hall–Kier alpha value is -1.46. The highest BCUT2D eigenvalue weighted by Gasteiger charge is 2.31. The van der Waals surface area contributed by atoms with E-state index in [0.29, 0.717) is 0 Å². The summed E-state index contributed by atoms with van der Waals surface area (Å²) in [5.74, 6) is 0.290. The normalized spacial score (nSPS) is 16.6. The monoisotopic (exact) mass is 389 g/mol. The summed E-state index contributed by atoms with van der Waals surface area (Å²) < 4.78 is 0. The molecule has 2 rings (SSSR count). The van der Waals surface area contributed by atoms with Crippen LogP contribution in [0.3, 0.4) is 0 Å². The molecule has 0 bridgehead atoms. The van der Waals surface area contributed by atoms with Gasteiger partial charge in [-0.05, 0) is 30.4 Å². The Morgan fingerprint density at radius 3 is 2.30 bits per heavy atom. The molecule has 1 N–H and O–H groups in total. The molecule has 150 valence electrons. The molecule has 0 aliphatic heterocycles. The number of hydrogen-bond donors (Lipinski definition) is 1. The van der Waals surface area contributed by atoms with Crippen LogP contribution in [0.5, 0.6) is 0 Å². The van der Waals surface area contributed by atoms with Crippen molar-refractivity contribution in [3.8, 4) is 0 Å². The lowest BCUT2D eigenvalue weighted by atomic mass is 9.82. The third-order valence-corrected chi connectivity index (χ3v) is 6.32. The zero-order valence-corrected chi connectivity index (χ0v) is 18.3. The van der Waals surface area contributed by atoms with Gasteiger partial charge < -0.3 is 4.90 Å². The van der Waals surface area contributed by atoms with Crippen LogP contribution in [0.2, 0.25) is 0 Å². The fourth-order valence-corrected chi connectivity index (χ4v) is 4.08. The van der Waals surface area contributed by atoms with Crippen LogP contribution in [0.1, 0.15) is 59.8 Å². The van der Waals surface area contributed by atoms with Crippen LogP contribution in [0.15, 0.2) is 30.3 Å². The Morgan fingerprint density at radius 1 is 1.19 bits per heavy atom. The Balaban J connectivity index is 2.20. The van der Waals surface area contributed by atoms with Gasteiger partial charge in [-0.1, -0.05) is 77.4 Å². The predicted molar refractivity (Wildman–Crippen MR) is 118 cm³/mol. The zero-order valence-electron chi connectivity index (χ0n) is 17.5. The molecule has 1 unspecified atom stereocenters. The summed E-state index contributed by atoms with van der Waals surface area (Å²) >= 11 is 5.72. The number of nitrogens with zero attached hydrogens (tertiary/aromatic N) is 2. The summed E-state index contributed by atoms with van der Waals surface area (Å²) in [4.78, 5) is 16.2. The standard InChI is InChI=1S/C22H35N3OS/c1-17(22(2,3)4)21(27)24(23-5)16-20(26)25(18-12-8-6-9-13-18)19-14-10-7-11-15-19/h6,8-9,12-13,17,19,23H,7,10-11,14-16H2,1-5H3. The molecule has 1 fully saturated rings. The van der Waals surface area contributed by atoms with Crippen molar-refractivity contribution < 1.29 is 4.79 Å². The number of benzene rings is 1. The summed E-state index contributed by atoms with van der Waals surface area (Å²) in [6.07, 6.45) is 5.79. The Kier molecular flexibility index (Phi) is 7.80. The van der Waals surface area contributed by atoms with Crippen molar-refractivity contribution in [3.05, 3.63) is 30.3 Å². The SMILES string of the molecule is CNN(CC(=O)N(c1ccccc1)C1CCCCC1)C(=S)C(C)C(C)(C)C. The number of carbonyl (C=O) groups excluding carboxylic acids is 1. The van der Waals surface area contributed by atoms with Gasteiger partial charge in [0.1, 0.15) is 6.54 Å². The van der Waals surface area contributed by atoms with Crippen LogP contribution in [0.25, 0.3) is 0 Å².